The van der Waals surface area contributed by atoms with Gasteiger partial charge in [-0.2, -0.15) is 0 Å². The number of hydrogen-bond donors (Lipinski definition) is 1. The number of rotatable bonds is 5. The Hall–Kier alpha value is -1.81. The van der Waals surface area contributed by atoms with Gasteiger partial charge in [0, 0.05) is 37.2 Å². The molecule has 0 aliphatic carbocycles. The molecule has 4 heteroatoms. The number of anilines is 1. The fourth-order valence-electron chi connectivity index (χ4n) is 3.17. The Morgan fingerprint density at radius 1 is 1.24 bits per heavy atom. The zero-order chi connectivity index (χ0) is 14.7. The molecule has 0 radical (unpaired) electrons. The molecule has 112 valence electrons. The molecule has 0 spiro atoms. The third kappa shape index (κ3) is 2.81. The molecule has 0 fully saturated rings. The number of hydrogen-bond acceptors (Lipinski definition) is 3. The highest BCUT2D eigenvalue weighted by Crippen LogP contribution is 2.30. The van der Waals surface area contributed by atoms with Gasteiger partial charge >= 0.3 is 0 Å². The summed E-state index contributed by atoms with van der Waals surface area (Å²) in [5, 5.41) is 3.59. The summed E-state index contributed by atoms with van der Waals surface area (Å²) in [5.74, 6) is 1.16. The molecule has 1 aromatic carbocycles. The summed E-state index contributed by atoms with van der Waals surface area (Å²) in [7, 11) is 0. The van der Waals surface area contributed by atoms with Crippen LogP contribution in [0.1, 0.15) is 37.7 Å². The maximum Gasteiger partial charge on any atom is 0.128 e. The minimum absolute atomic E-state index is 0.424. The van der Waals surface area contributed by atoms with E-state index in [0.717, 1.165) is 38.4 Å². The van der Waals surface area contributed by atoms with E-state index in [4.69, 9.17) is 0 Å². The van der Waals surface area contributed by atoms with E-state index >= 15 is 0 Å². The van der Waals surface area contributed by atoms with Crippen molar-refractivity contribution in [3.05, 3.63) is 48.0 Å². The van der Waals surface area contributed by atoms with Gasteiger partial charge in [-0.3, -0.25) is 0 Å². The largest absolute Gasteiger partial charge is 0.362 e. The van der Waals surface area contributed by atoms with Crippen LogP contribution >= 0.6 is 0 Å². The van der Waals surface area contributed by atoms with Crippen LogP contribution in [-0.4, -0.2) is 22.6 Å². The molecule has 1 unspecified atom stereocenters. The lowest BCUT2D eigenvalue weighted by Gasteiger charge is -2.33. The number of fused-ring (bicyclic) bond motifs is 1. The maximum absolute atomic E-state index is 4.47. The summed E-state index contributed by atoms with van der Waals surface area (Å²) in [6.45, 7) is 8.37. The molecular weight excluding hydrogens is 260 g/mol. The van der Waals surface area contributed by atoms with Gasteiger partial charge in [0.1, 0.15) is 5.82 Å². The summed E-state index contributed by atoms with van der Waals surface area (Å²) < 4.78 is 2.25. The van der Waals surface area contributed by atoms with Gasteiger partial charge in [-0.1, -0.05) is 32.0 Å². The molecule has 1 aliphatic heterocycles. The first-order chi connectivity index (χ1) is 10.3. The number of benzene rings is 1. The predicted molar refractivity (Wildman–Crippen MR) is 86.4 cm³/mol. The van der Waals surface area contributed by atoms with Crippen molar-refractivity contribution in [3.8, 4) is 0 Å². The number of aromatic nitrogens is 2. The number of nitrogens with zero attached hydrogens (tertiary/aromatic N) is 3. The van der Waals surface area contributed by atoms with E-state index in [0.29, 0.717) is 6.04 Å². The summed E-state index contributed by atoms with van der Waals surface area (Å²) in [6.07, 6.45) is 5.08. The number of imidazole rings is 1. The van der Waals surface area contributed by atoms with Crippen LogP contribution in [0.4, 0.5) is 5.69 Å². The van der Waals surface area contributed by atoms with E-state index in [2.05, 4.69) is 64.1 Å². The zero-order valence-corrected chi connectivity index (χ0v) is 12.9. The Bertz CT molecular complexity index is 590. The molecule has 1 aromatic heterocycles. The van der Waals surface area contributed by atoms with Crippen LogP contribution in [0.2, 0.25) is 0 Å². The van der Waals surface area contributed by atoms with Gasteiger partial charge in [-0.25, -0.2) is 4.98 Å². The van der Waals surface area contributed by atoms with Crippen LogP contribution in [0.25, 0.3) is 0 Å². The SMILES string of the molecule is CCNC(CC)c1ccccc1N1CCn2ccnc2C1. The van der Waals surface area contributed by atoms with Crippen molar-refractivity contribution in [2.75, 3.05) is 18.0 Å². The van der Waals surface area contributed by atoms with Crippen LogP contribution in [0.5, 0.6) is 0 Å². The monoisotopic (exact) mass is 284 g/mol. The molecule has 2 aromatic rings. The third-order valence-electron chi connectivity index (χ3n) is 4.26. The first-order valence-corrected chi connectivity index (χ1v) is 7.90. The Morgan fingerprint density at radius 3 is 2.90 bits per heavy atom. The summed E-state index contributed by atoms with van der Waals surface area (Å²) in [4.78, 5) is 6.93. The van der Waals surface area contributed by atoms with Gasteiger partial charge in [0.05, 0.1) is 6.54 Å². The average molecular weight is 284 g/mol. The van der Waals surface area contributed by atoms with Gasteiger partial charge in [-0.05, 0) is 24.6 Å². The standard InChI is InChI=1S/C17H24N4/c1-3-15(18-4-2)14-7-5-6-8-16(14)21-12-11-20-10-9-19-17(20)13-21/h5-10,15,18H,3-4,11-13H2,1-2H3. The molecule has 0 saturated carbocycles. The Labute approximate surface area is 126 Å². The minimum atomic E-state index is 0.424. The molecule has 0 amide bonds. The average Bonchev–Trinajstić information content (AvgIpc) is 3.00. The second-order valence-corrected chi connectivity index (χ2v) is 5.54. The van der Waals surface area contributed by atoms with Crippen molar-refractivity contribution in [2.24, 2.45) is 0 Å². The van der Waals surface area contributed by atoms with E-state index in [-0.39, 0.29) is 0 Å². The highest BCUT2D eigenvalue weighted by atomic mass is 15.2. The number of para-hydroxylation sites is 1. The highest BCUT2D eigenvalue weighted by Gasteiger charge is 2.21. The summed E-state index contributed by atoms with van der Waals surface area (Å²) >= 11 is 0. The van der Waals surface area contributed by atoms with E-state index in [1.54, 1.807) is 0 Å². The minimum Gasteiger partial charge on any atom is -0.362 e. The predicted octanol–water partition coefficient (Wildman–Crippen LogP) is 2.96. The first kappa shape index (κ1) is 14.1. The molecule has 2 heterocycles. The number of nitrogens with one attached hydrogen (secondary N) is 1. The second kappa shape index (κ2) is 6.31. The van der Waals surface area contributed by atoms with Gasteiger partial charge in [0.15, 0.2) is 0 Å². The second-order valence-electron chi connectivity index (χ2n) is 5.54. The first-order valence-electron chi connectivity index (χ1n) is 7.90. The molecular formula is C17H24N4. The van der Waals surface area contributed by atoms with Gasteiger partial charge in [0.25, 0.3) is 0 Å². The Morgan fingerprint density at radius 2 is 2.10 bits per heavy atom. The van der Waals surface area contributed by atoms with Gasteiger partial charge in [0.2, 0.25) is 0 Å². The molecule has 21 heavy (non-hydrogen) atoms. The fourth-order valence-corrected chi connectivity index (χ4v) is 3.17. The van der Waals surface area contributed by atoms with Gasteiger partial charge < -0.3 is 14.8 Å². The summed E-state index contributed by atoms with van der Waals surface area (Å²) in [5.41, 5.74) is 2.75. The van der Waals surface area contributed by atoms with Crippen LogP contribution in [0.15, 0.2) is 36.7 Å². The van der Waals surface area contributed by atoms with Crippen molar-refractivity contribution in [1.82, 2.24) is 14.9 Å². The van der Waals surface area contributed by atoms with E-state index in [1.165, 1.54) is 11.3 Å². The molecule has 1 N–H and O–H groups in total. The Balaban J connectivity index is 1.89. The molecule has 1 aliphatic rings. The Kier molecular flexibility index (Phi) is 4.25. The van der Waals surface area contributed by atoms with Crippen LogP contribution < -0.4 is 10.2 Å². The lowest BCUT2D eigenvalue weighted by molar-refractivity contribution is 0.525. The van der Waals surface area contributed by atoms with Crippen LogP contribution in [0, 0.1) is 0 Å². The summed E-state index contributed by atoms with van der Waals surface area (Å²) in [6, 6.07) is 9.21. The smallest absolute Gasteiger partial charge is 0.128 e. The third-order valence-corrected chi connectivity index (χ3v) is 4.26. The molecule has 4 nitrogen and oxygen atoms in total. The van der Waals surface area contributed by atoms with E-state index in [9.17, 15) is 0 Å². The van der Waals surface area contributed by atoms with Crippen LogP contribution in [0.3, 0.4) is 0 Å². The molecule has 0 saturated heterocycles. The van der Waals surface area contributed by atoms with Crippen molar-refractivity contribution >= 4 is 5.69 Å². The van der Waals surface area contributed by atoms with E-state index in [1.807, 2.05) is 6.20 Å². The zero-order valence-electron chi connectivity index (χ0n) is 12.9. The molecule has 3 rings (SSSR count). The van der Waals surface area contributed by atoms with Crippen molar-refractivity contribution in [2.45, 2.75) is 39.4 Å². The highest BCUT2D eigenvalue weighted by molar-refractivity contribution is 5.55. The lowest BCUT2D eigenvalue weighted by atomic mass is 10.0. The molecule has 0 bridgehead atoms. The van der Waals surface area contributed by atoms with Crippen molar-refractivity contribution in [3.63, 3.8) is 0 Å². The van der Waals surface area contributed by atoms with Gasteiger partial charge in [-0.15, -0.1) is 0 Å². The van der Waals surface area contributed by atoms with E-state index < -0.39 is 0 Å². The van der Waals surface area contributed by atoms with Crippen molar-refractivity contribution < 1.29 is 0 Å². The normalized spacial score (nSPS) is 15.8. The van der Waals surface area contributed by atoms with Crippen molar-refractivity contribution in [1.29, 1.82) is 0 Å². The molecule has 1 atom stereocenters. The maximum atomic E-state index is 4.47. The quantitative estimate of drug-likeness (QED) is 0.916. The van der Waals surface area contributed by atoms with Crippen LogP contribution in [-0.2, 0) is 13.1 Å². The fraction of sp³-hybridized carbons (Fsp3) is 0.471. The lowest BCUT2D eigenvalue weighted by Crippen LogP contribution is -2.35. The topological polar surface area (TPSA) is 33.1 Å².